The summed E-state index contributed by atoms with van der Waals surface area (Å²) in [6.07, 6.45) is -1.29. The maximum atomic E-state index is 11.9. The molecule has 0 amide bonds. The molecule has 35 heavy (non-hydrogen) atoms. The van der Waals surface area contributed by atoms with Crippen LogP contribution in [-0.4, -0.2) is 71.2 Å². The van der Waals surface area contributed by atoms with Crippen LogP contribution in [0.3, 0.4) is 0 Å². The molecule has 1 unspecified atom stereocenters. The Balaban J connectivity index is 1.18. The number of benzene rings is 2. The lowest BCUT2D eigenvalue weighted by Crippen LogP contribution is -2.48. The van der Waals surface area contributed by atoms with Gasteiger partial charge >= 0.3 is 11.9 Å². The van der Waals surface area contributed by atoms with E-state index < -0.39 is 12.2 Å². The third-order valence-corrected chi connectivity index (χ3v) is 7.76. The molecule has 8 heteroatoms. The largest absolute Gasteiger partial charge is 0.457 e. The summed E-state index contributed by atoms with van der Waals surface area (Å²) in [5.74, 6) is -0.586. The lowest BCUT2D eigenvalue weighted by molar-refractivity contribution is 0.0477. The maximum absolute atomic E-state index is 11.9. The smallest absolute Gasteiger partial charge is 0.338 e. The van der Waals surface area contributed by atoms with E-state index in [0.717, 1.165) is 65.1 Å². The zero-order valence-electron chi connectivity index (χ0n) is 20.5. The number of fused-ring (bicyclic) bond motifs is 2. The molecule has 0 aromatic heterocycles. The first-order valence-corrected chi connectivity index (χ1v) is 12.1. The fourth-order valence-corrected chi connectivity index (χ4v) is 5.70. The van der Waals surface area contributed by atoms with Crippen LogP contribution in [0.25, 0.3) is 0 Å². The van der Waals surface area contributed by atoms with Crippen LogP contribution in [0, 0.1) is 20.8 Å². The Kier molecular flexibility index (Phi) is 6.40. The van der Waals surface area contributed by atoms with Gasteiger partial charge in [0.1, 0.15) is 13.2 Å². The zero-order valence-corrected chi connectivity index (χ0v) is 20.5. The number of esters is 2. The van der Waals surface area contributed by atoms with Crippen LogP contribution in [0.1, 0.15) is 71.9 Å². The molecule has 1 fully saturated rings. The highest BCUT2D eigenvalue weighted by molar-refractivity contribution is 5.94. The minimum atomic E-state index is -0.646. The third kappa shape index (κ3) is 4.36. The number of hydrogen-bond acceptors (Lipinski definition) is 8. The second kappa shape index (κ2) is 9.35. The van der Waals surface area contributed by atoms with Gasteiger partial charge in [-0.1, -0.05) is 6.07 Å². The third-order valence-electron chi connectivity index (χ3n) is 7.76. The Bertz CT molecular complexity index is 1180. The first-order chi connectivity index (χ1) is 16.7. The van der Waals surface area contributed by atoms with E-state index in [1.165, 1.54) is 0 Å². The molecule has 0 spiro atoms. The van der Waals surface area contributed by atoms with Crippen molar-refractivity contribution in [3.05, 3.63) is 68.3 Å². The second-order valence-corrected chi connectivity index (χ2v) is 9.85. The summed E-state index contributed by atoms with van der Waals surface area (Å²) in [5, 5.41) is 22.0. The molecule has 2 atom stereocenters. The Morgan fingerprint density at radius 3 is 1.97 bits per heavy atom. The molecule has 0 aliphatic carbocycles. The Hall–Kier alpha value is -2.78. The molecule has 2 aromatic carbocycles. The van der Waals surface area contributed by atoms with E-state index in [4.69, 9.17) is 9.47 Å². The average molecular weight is 481 g/mol. The summed E-state index contributed by atoms with van der Waals surface area (Å²) in [5.41, 5.74) is 7.46. The SMILES string of the molecule is Cc1cc2c(c(C)c1C(O)CN1CCN(C[C@H](O)c3ccc4c(c3C)COC4=O)CC1)COC2=O. The van der Waals surface area contributed by atoms with Crippen molar-refractivity contribution in [3.8, 4) is 0 Å². The molecule has 0 bridgehead atoms. The van der Waals surface area contributed by atoms with Gasteiger partial charge in [-0.05, 0) is 60.7 Å². The van der Waals surface area contributed by atoms with Gasteiger partial charge in [-0.2, -0.15) is 0 Å². The second-order valence-electron chi connectivity index (χ2n) is 9.85. The van der Waals surface area contributed by atoms with Gasteiger partial charge in [0, 0.05) is 50.4 Å². The highest BCUT2D eigenvalue weighted by atomic mass is 16.5. The van der Waals surface area contributed by atoms with Gasteiger partial charge in [-0.25, -0.2) is 9.59 Å². The molecular weight excluding hydrogens is 448 g/mol. The maximum Gasteiger partial charge on any atom is 0.338 e. The molecule has 5 rings (SSSR count). The molecule has 1 saturated heterocycles. The van der Waals surface area contributed by atoms with E-state index in [-0.39, 0.29) is 25.2 Å². The minimum absolute atomic E-state index is 0.272. The standard InChI is InChI=1S/C27H32N2O6/c1-15-10-20-22(14-35-27(20)33)17(3)25(15)24(31)12-29-8-6-28(7-9-29)11-23(30)18-4-5-19-21(16(18)2)13-34-26(19)32/h4-5,10,23-24,30-31H,6-9,11-14H2,1-3H3/t23-,24?/m0/s1. The van der Waals surface area contributed by atoms with Crippen LogP contribution in [-0.2, 0) is 22.7 Å². The normalized spacial score (nSPS) is 19.8. The number of cyclic esters (lactones) is 2. The number of aliphatic hydroxyl groups excluding tert-OH is 2. The van der Waals surface area contributed by atoms with Crippen LogP contribution in [0.2, 0.25) is 0 Å². The molecular formula is C27H32N2O6. The number of aliphatic hydroxyl groups is 2. The number of aryl methyl sites for hydroxylation is 1. The first-order valence-electron chi connectivity index (χ1n) is 12.1. The van der Waals surface area contributed by atoms with Crippen molar-refractivity contribution >= 4 is 11.9 Å². The summed E-state index contributed by atoms with van der Waals surface area (Å²) >= 11 is 0. The number of hydrogen-bond donors (Lipinski definition) is 2. The van der Waals surface area contributed by atoms with Crippen molar-refractivity contribution in [1.82, 2.24) is 9.80 Å². The van der Waals surface area contributed by atoms with Crippen molar-refractivity contribution < 1.29 is 29.3 Å². The van der Waals surface area contributed by atoms with Gasteiger partial charge < -0.3 is 19.7 Å². The molecule has 186 valence electrons. The van der Waals surface area contributed by atoms with Gasteiger partial charge in [-0.3, -0.25) is 9.80 Å². The number of carbonyl (C=O) groups is 2. The summed E-state index contributed by atoms with van der Waals surface area (Å²) in [7, 11) is 0. The highest BCUT2D eigenvalue weighted by Gasteiger charge is 2.30. The molecule has 8 nitrogen and oxygen atoms in total. The van der Waals surface area contributed by atoms with Crippen LogP contribution >= 0.6 is 0 Å². The van der Waals surface area contributed by atoms with E-state index in [0.29, 0.717) is 24.2 Å². The van der Waals surface area contributed by atoms with Gasteiger partial charge in [0.25, 0.3) is 0 Å². The van der Waals surface area contributed by atoms with Crippen LogP contribution in [0.4, 0.5) is 0 Å². The predicted octanol–water partition coefficient (Wildman–Crippen LogP) is 2.34. The Morgan fingerprint density at radius 1 is 0.800 bits per heavy atom. The monoisotopic (exact) mass is 480 g/mol. The lowest BCUT2D eigenvalue weighted by atomic mass is 9.91. The molecule has 3 heterocycles. The van der Waals surface area contributed by atoms with Crippen molar-refractivity contribution in [2.75, 3.05) is 39.3 Å². The minimum Gasteiger partial charge on any atom is -0.457 e. The average Bonchev–Trinajstić information content (AvgIpc) is 3.38. The van der Waals surface area contributed by atoms with Crippen molar-refractivity contribution in [3.63, 3.8) is 0 Å². The van der Waals surface area contributed by atoms with Crippen LogP contribution < -0.4 is 0 Å². The van der Waals surface area contributed by atoms with E-state index in [9.17, 15) is 19.8 Å². The summed E-state index contributed by atoms with van der Waals surface area (Å²) in [6.45, 7) is 10.6. The molecule has 3 aliphatic rings. The summed E-state index contributed by atoms with van der Waals surface area (Å²) in [6, 6.07) is 5.41. The Labute approximate surface area is 205 Å². The van der Waals surface area contributed by atoms with Gasteiger partial charge in [0.2, 0.25) is 0 Å². The number of ether oxygens (including phenoxy) is 2. The molecule has 2 N–H and O–H groups in total. The molecule has 3 aliphatic heterocycles. The lowest BCUT2D eigenvalue weighted by Gasteiger charge is -2.37. The van der Waals surface area contributed by atoms with Crippen LogP contribution in [0.15, 0.2) is 18.2 Å². The first kappa shape index (κ1) is 23.9. The number of nitrogens with zero attached hydrogens (tertiary/aromatic N) is 2. The van der Waals surface area contributed by atoms with Crippen molar-refractivity contribution in [1.29, 1.82) is 0 Å². The van der Waals surface area contributed by atoms with E-state index >= 15 is 0 Å². The van der Waals surface area contributed by atoms with Crippen molar-refractivity contribution in [2.45, 2.75) is 46.2 Å². The van der Waals surface area contributed by atoms with Crippen LogP contribution in [0.5, 0.6) is 0 Å². The predicted molar refractivity (Wildman–Crippen MR) is 128 cm³/mol. The zero-order chi connectivity index (χ0) is 24.9. The molecule has 0 radical (unpaired) electrons. The van der Waals surface area contributed by atoms with Gasteiger partial charge in [-0.15, -0.1) is 0 Å². The van der Waals surface area contributed by atoms with Gasteiger partial charge in [0.05, 0.1) is 23.3 Å². The van der Waals surface area contributed by atoms with E-state index in [1.807, 2.05) is 32.9 Å². The Morgan fingerprint density at radius 2 is 1.34 bits per heavy atom. The summed E-state index contributed by atoms with van der Waals surface area (Å²) in [4.78, 5) is 28.2. The fraction of sp³-hybridized carbons (Fsp3) is 0.481. The van der Waals surface area contributed by atoms with E-state index in [1.54, 1.807) is 6.07 Å². The fourth-order valence-electron chi connectivity index (χ4n) is 5.70. The topological polar surface area (TPSA) is 99.5 Å². The quantitative estimate of drug-likeness (QED) is 0.608. The van der Waals surface area contributed by atoms with Gasteiger partial charge in [0.15, 0.2) is 0 Å². The number of β-amino-alcohol motifs (C(OH)–C–C–N with tert-alkyl or cyclic N) is 2. The van der Waals surface area contributed by atoms with Crippen molar-refractivity contribution in [2.24, 2.45) is 0 Å². The number of carbonyl (C=O) groups excluding carboxylic acids is 2. The molecule has 2 aromatic rings. The highest BCUT2D eigenvalue weighted by Crippen LogP contribution is 2.33. The number of rotatable bonds is 6. The summed E-state index contributed by atoms with van der Waals surface area (Å²) < 4.78 is 10.3. The number of piperazine rings is 1. The molecule has 0 saturated carbocycles. The van der Waals surface area contributed by atoms with E-state index in [2.05, 4.69) is 9.80 Å².